The highest BCUT2D eigenvalue weighted by molar-refractivity contribution is 7.92. The van der Waals surface area contributed by atoms with E-state index in [9.17, 15) is 18.0 Å². The van der Waals surface area contributed by atoms with E-state index in [2.05, 4.69) is 0 Å². The fourth-order valence-corrected chi connectivity index (χ4v) is 2.97. The van der Waals surface area contributed by atoms with Crippen LogP contribution in [-0.2, 0) is 26.2 Å². The van der Waals surface area contributed by atoms with E-state index in [1.54, 1.807) is 12.1 Å². The number of carboxylic acid groups (broad SMARTS) is 1. The van der Waals surface area contributed by atoms with E-state index < -0.39 is 28.1 Å². The Morgan fingerprint density at radius 2 is 2.00 bits per heavy atom. The summed E-state index contributed by atoms with van der Waals surface area (Å²) in [7, 11) is -3.82. The molecular formula is C11H13N3O5S. The maximum absolute atomic E-state index is 11.6. The average molecular weight is 299 g/mol. The number of nitrogens with zero attached hydrogens (tertiary/aromatic N) is 1. The first-order valence-corrected chi connectivity index (χ1v) is 7.14. The van der Waals surface area contributed by atoms with Crippen molar-refractivity contribution in [2.45, 2.75) is 12.5 Å². The molecule has 1 heterocycles. The molecule has 0 aromatic heterocycles. The van der Waals surface area contributed by atoms with Gasteiger partial charge in [0.2, 0.25) is 0 Å². The summed E-state index contributed by atoms with van der Waals surface area (Å²) in [6.45, 7) is -0.268. The number of hydrogen-bond acceptors (Lipinski definition) is 5. The fraction of sp³-hybridized carbons (Fsp3) is 0.273. The lowest BCUT2D eigenvalue weighted by Crippen LogP contribution is -2.32. The standard InChI is InChI=1S/C11H13N3O5S/c12-9(11(16)17)5-7-1-3-8(4-2-7)14-6-10(15)13-20(14,18)19/h1-4,9H,5-6,12H2,(H,13,15)(H,16,17)/t9-/m0/s1. The van der Waals surface area contributed by atoms with Gasteiger partial charge >= 0.3 is 16.2 Å². The predicted octanol–water partition coefficient (Wildman–Crippen LogP) is -1.18. The molecule has 0 spiro atoms. The molecule has 0 bridgehead atoms. The number of rotatable bonds is 4. The third-order valence-corrected chi connectivity index (χ3v) is 4.22. The van der Waals surface area contributed by atoms with E-state index in [1.807, 2.05) is 4.72 Å². The molecule has 0 saturated carbocycles. The zero-order valence-electron chi connectivity index (χ0n) is 10.3. The Balaban J connectivity index is 2.17. The number of nitrogens with one attached hydrogen (secondary N) is 1. The van der Waals surface area contributed by atoms with Crippen LogP contribution in [0.2, 0.25) is 0 Å². The summed E-state index contributed by atoms with van der Waals surface area (Å²) in [4.78, 5) is 21.8. The van der Waals surface area contributed by atoms with Crippen molar-refractivity contribution in [1.29, 1.82) is 0 Å². The monoisotopic (exact) mass is 299 g/mol. The second-order valence-corrected chi connectivity index (χ2v) is 5.95. The summed E-state index contributed by atoms with van der Waals surface area (Å²) in [5, 5.41) is 8.71. The van der Waals surface area contributed by atoms with E-state index in [-0.39, 0.29) is 13.0 Å². The molecule has 4 N–H and O–H groups in total. The normalized spacial score (nSPS) is 18.6. The van der Waals surface area contributed by atoms with Crippen LogP contribution in [0, 0.1) is 0 Å². The SMILES string of the molecule is N[C@@H](Cc1ccc(N2CC(=O)NS2(=O)=O)cc1)C(=O)O. The Kier molecular flexibility index (Phi) is 3.64. The van der Waals surface area contributed by atoms with Crippen molar-refractivity contribution in [1.82, 2.24) is 4.72 Å². The van der Waals surface area contributed by atoms with Crippen LogP contribution in [-0.4, -0.2) is 38.0 Å². The molecule has 108 valence electrons. The lowest BCUT2D eigenvalue weighted by molar-refractivity contribution is -0.138. The number of amides is 1. The smallest absolute Gasteiger partial charge is 0.326 e. The average Bonchev–Trinajstić information content (AvgIpc) is 2.63. The van der Waals surface area contributed by atoms with Gasteiger partial charge in [0.1, 0.15) is 12.6 Å². The fourth-order valence-electron chi connectivity index (χ4n) is 1.82. The topological polar surface area (TPSA) is 130 Å². The molecule has 1 aromatic carbocycles. The molecule has 1 aliphatic heterocycles. The number of carboxylic acids is 1. The van der Waals surface area contributed by atoms with Crippen molar-refractivity contribution < 1.29 is 23.1 Å². The molecule has 1 saturated heterocycles. The Morgan fingerprint density at radius 3 is 2.45 bits per heavy atom. The molecule has 0 unspecified atom stereocenters. The highest BCUT2D eigenvalue weighted by Crippen LogP contribution is 2.21. The van der Waals surface area contributed by atoms with Crippen molar-refractivity contribution in [3.63, 3.8) is 0 Å². The van der Waals surface area contributed by atoms with Gasteiger partial charge in [0.25, 0.3) is 5.91 Å². The molecular weight excluding hydrogens is 286 g/mol. The van der Waals surface area contributed by atoms with Crippen LogP contribution in [0.1, 0.15) is 5.56 Å². The molecule has 1 atom stereocenters. The third-order valence-electron chi connectivity index (χ3n) is 2.82. The Hall–Kier alpha value is -2.13. The minimum absolute atomic E-state index is 0.138. The van der Waals surface area contributed by atoms with Crippen LogP contribution in [0.3, 0.4) is 0 Å². The molecule has 1 fully saturated rings. The number of anilines is 1. The van der Waals surface area contributed by atoms with Gasteiger partial charge < -0.3 is 10.8 Å². The highest BCUT2D eigenvalue weighted by atomic mass is 32.2. The van der Waals surface area contributed by atoms with Gasteiger partial charge in [0, 0.05) is 0 Å². The first-order valence-electron chi connectivity index (χ1n) is 5.70. The maximum Gasteiger partial charge on any atom is 0.326 e. The van der Waals surface area contributed by atoms with Crippen LogP contribution < -0.4 is 14.8 Å². The number of nitrogens with two attached hydrogens (primary N) is 1. The van der Waals surface area contributed by atoms with Crippen molar-refractivity contribution in [3.05, 3.63) is 29.8 Å². The molecule has 9 heteroatoms. The first-order chi connectivity index (χ1) is 9.29. The van der Waals surface area contributed by atoms with E-state index in [4.69, 9.17) is 10.8 Å². The van der Waals surface area contributed by atoms with Crippen molar-refractivity contribution >= 4 is 27.8 Å². The van der Waals surface area contributed by atoms with E-state index in [0.717, 1.165) is 4.31 Å². The molecule has 0 aliphatic carbocycles. The predicted molar refractivity (Wildman–Crippen MR) is 70.2 cm³/mol. The second-order valence-electron chi connectivity index (χ2n) is 4.35. The van der Waals surface area contributed by atoms with E-state index in [1.165, 1.54) is 12.1 Å². The van der Waals surface area contributed by atoms with Crippen molar-refractivity contribution in [2.75, 3.05) is 10.8 Å². The van der Waals surface area contributed by atoms with Gasteiger partial charge in [-0.05, 0) is 24.1 Å². The van der Waals surface area contributed by atoms with Crippen LogP contribution in [0.5, 0.6) is 0 Å². The van der Waals surface area contributed by atoms with Crippen molar-refractivity contribution in [2.24, 2.45) is 5.73 Å². The molecule has 8 nitrogen and oxygen atoms in total. The van der Waals surface area contributed by atoms with Gasteiger partial charge in [-0.15, -0.1) is 0 Å². The van der Waals surface area contributed by atoms with Gasteiger partial charge in [-0.25, -0.2) is 9.03 Å². The van der Waals surface area contributed by atoms with Gasteiger partial charge in [-0.3, -0.25) is 9.59 Å². The number of aliphatic carboxylic acids is 1. The lowest BCUT2D eigenvalue weighted by atomic mass is 10.1. The zero-order chi connectivity index (χ0) is 14.9. The van der Waals surface area contributed by atoms with Crippen molar-refractivity contribution in [3.8, 4) is 0 Å². The quantitative estimate of drug-likeness (QED) is 0.642. The number of carbonyl (C=O) groups is 2. The summed E-state index contributed by atoms with van der Waals surface area (Å²) < 4.78 is 26.0. The summed E-state index contributed by atoms with van der Waals surface area (Å²) in [5.74, 6) is -1.70. The summed E-state index contributed by atoms with van der Waals surface area (Å²) in [6.07, 6.45) is 0.138. The summed E-state index contributed by atoms with van der Waals surface area (Å²) in [6, 6.07) is 5.15. The van der Waals surface area contributed by atoms with Crippen LogP contribution >= 0.6 is 0 Å². The number of hydrogen-bond donors (Lipinski definition) is 3. The lowest BCUT2D eigenvalue weighted by Gasteiger charge is -2.15. The molecule has 1 aliphatic rings. The third kappa shape index (κ3) is 2.89. The van der Waals surface area contributed by atoms with Gasteiger partial charge in [-0.2, -0.15) is 8.42 Å². The number of carbonyl (C=O) groups excluding carboxylic acids is 1. The Morgan fingerprint density at radius 1 is 1.40 bits per heavy atom. The van der Waals surface area contributed by atoms with Crippen LogP contribution in [0.4, 0.5) is 5.69 Å². The molecule has 20 heavy (non-hydrogen) atoms. The van der Waals surface area contributed by atoms with Crippen LogP contribution in [0.15, 0.2) is 24.3 Å². The summed E-state index contributed by atoms with van der Waals surface area (Å²) >= 11 is 0. The van der Waals surface area contributed by atoms with Gasteiger partial charge in [0.05, 0.1) is 5.69 Å². The van der Waals surface area contributed by atoms with Gasteiger partial charge in [0.15, 0.2) is 0 Å². The molecule has 1 amide bonds. The number of benzene rings is 1. The largest absolute Gasteiger partial charge is 0.480 e. The highest BCUT2D eigenvalue weighted by Gasteiger charge is 2.33. The van der Waals surface area contributed by atoms with E-state index >= 15 is 0 Å². The van der Waals surface area contributed by atoms with Crippen LogP contribution in [0.25, 0.3) is 0 Å². The minimum atomic E-state index is -3.82. The minimum Gasteiger partial charge on any atom is -0.480 e. The maximum atomic E-state index is 11.6. The molecule has 0 radical (unpaired) electrons. The zero-order valence-corrected chi connectivity index (χ0v) is 11.1. The van der Waals surface area contributed by atoms with Gasteiger partial charge in [-0.1, -0.05) is 12.1 Å². The summed E-state index contributed by atoms with van der Waals surface area (Å²) in [5.41, 5.74) is 6.41. The first kappa shape index (κ1) is 14.3. The Labute approximate surface area is 115 Å². The molecule has 1 aromatic rings. The van der Waals surface area contributed by atoms with E-state index in [0.29, 0.717) is 11.3 Å². The second kappa shape index (κ2) is 5.10. The Bertz CT molecular complexity index is 641. The molecule has 2 rings (SSSR count).